The number of fused-ring (bicyclic) bond motifs is 2. The van der Waals surface area contributed by atoms with Crippen LogP contribution < -0.4 is 0 Å². The van der Waals surface area contributed by atoms with Crippen molar-refractivity contribution in [3.8, 4) is 11.3 Å². The first-order chi connectivity index (χ1) is 12.7. The molecule has 3 aromatic rings. The largest absolute Gasteiger partial charge is 0.296 e. The van der Waals surface area contributed by atoms with E-state index in [0.717, 1.165) is 36.3 Å². The lowest BCUT2D eigenvalue weighted by atomic mass is 9.90. The van der Waals surface area contributed by atoms with E-state index in [2.05, 4.69) is 35.4 Å². The third-order valence-electron chi connectivity index (χ3n) is 5.45. The van der Waals surface area contributed by atoms with Crippen molar-refractivity contribution in [2.75, 3.05) is 0 Å². The second-order valence-electron chi connectivity index (χ2n) is 7.17. The van der Waals surface area contributed by atoms with E-state index < -0.39 is 0 Å². The Labute approximate surface area is 152 Å². The van der Waals surface area contributed by atoms with Gasteiger partial charge in [-0.25, -0.2) is 9.37 Å². The van der Waals surface area contributed by atoms with Crippen LogP contribution >= 0.6 is 0 Å². The summed E-state index contributed by atoms with van der Waals surface area (Å²) < 4.78 is 15.7. The number of rotatable bonds is 2. The minimum absolute atomic E-state index is 0.221. The Balaban J connectivity index is 1.76. The minimum Gasteiger partial charge on any atom is -0.296 e. The minimum atomic E-state index is -0.221. The van der Waals surface area contributed by atoms with E-state index in [-0.39, 0.29) is 5.82 Å². The van der Waals surface area contributed by atoms with Crippen LogP contribution in [0.2, 0.25) is 0 Å². The molecule has 1 aliphatic heterocycles. The summed E-state index contributed by atoms with van der Waals surface area (Å²) in [4.78, 5) is 4.72. The van der Waals surface area contributed by atoms with E-state index in [0.29, 0.717) is 5.92 Å². The Kier molecular flexibility index (Phi) is 3.42. The van der Waals surface area contributed by atoms with Gasteiger partial charge in [-0.1, -0.05) is 42.5 Å². The number of allylic oxidation sites excluding steroid dienone is 2. The van der Waals surface area contributed by atoms with Crippen LogP contribution in [0.15, 0.2) is 78.5 Å². The molecule has 5 rings (SSSR count). The van der Waals surface area contributed by atoms with Crippen LogP contribution in [-0.4, -0.2) is 9.55 Å². The lowest BCUT2D eigenvalue weighted by Gasteiger charge is -2.27. The first-order valence-corrected chi connectivity index (χ1v) is 8.99. The standard InChI is InChI=1S/C23H19FN2/c1-15-11-18-13-22-25-14-21(16-7-9-19(24)10-8-16)26(22)23(20(18)12-15)17-5-3-2-4-6-17/h2-10,14,18H,1,11-13H2. The number of halogens is 1. The lowest BCUT2D eigenvalue weighted by molar-refractivity contribution is 0.600. The zero-order valence-electron chi connectivity index (χ0n) is 14.5. The number of benzene rings is 2. The van der Waals surface area contributed by atoms with Gasteiger partial charge >= 0.3 is 0 Å². The summed E-state index contributed by atoms with van der Waals surface area (Å²) in [6, 6.07) is 17.2. The molecule has 1 aromatic heterocycles. The van der Waals surface area contributed by atoms with Gasteiger partial charge in [0.15, 0.2) is 0 Å². The van der Waals surface area contributed by atoms with E-state index in [1.165, 1.54) is 34.5 Å². The summed E-state index contributed by atoms with van der Waals surface area (Å²) in [6.45, 7) is 4.24. The van der Waals surface area contributed by atoms with Gasteiger partial charge in [-0.2, -0.15) is 0 Å². The van der Waals surface area contributed by atoms with Crippen molar-refractivity contribution in [3.63, 3.8) is 0 Å². The number of hydrogen-bond acceptors (Lipinski definition) is 1. The van der Waals surface area contributed by atoms with Crippen molar-refractivity contribution in [1.82, 2.24) is 9.55 Å². The van der Waals surface area contributed by atoms with Crippen LogP contribution in [0.1, 0.15) is 24.2 Å². The van der Waals surface area contributed by atoms with Gasteiger partial charge in [-0.15, -0.1) is 0 Å². The molecule has 1 aliphatic carbocycles. The fraction of sp³-hybridized carbons (Fsp3) is 0.174. The third kappa shape index (κ3) is 2.35. The van der Waals surface area contributed by atoms with Gasteiger partial charge in [0.25, 0.3) is 0 Å². The summed E-state index contributed by atoms with van der Waals surface area (Å²) in [5, 5.41) is 0. The van der Waals surface area contributed by atoms with Gasteiger partial charge in [0.05, 0.1) is 17.6 Å². The molecule has 1 atom stereocenters. The van der Waals surface area contributed by atoms with Crippen molar-refractivity contribution in [2.45, 2.75) is 19.3 Å². The molecule has 0 radical (unpaired) electrons. The van der Waals surface area contributed by atoms with E-state index in [1.54, 1.807) is 0 Å². The van der Waals surface area contributed by atoms with Crippen LogP contribution in [0.25, 0.3) is 17.0 Å². The van der Waals surface area contributed by atoms with Gasteiger partial charge in [0, 0.05) is 12.0 Å². The van der Waals surface area contributed by atoms with Gasteiger partial charge in [0.1, 0.15) is 11.6 Å². The smallest absolute Gasteiger partial charge is 0.123 e. The van der Waals surface area contributed by atoms with E-state index in [9.17, 15) is 4.39 Å². The van der Waals surface area contributed by atoms with Gasteiger partial charge in [-0.05, 0) is 54.2 Å². The molecule has 26 heavy (non-hydrogen) atoms. The van der Waals surface area contributed by atoms with Gasteiger partial charge in [0.2, 0.25) is 0 Å². The molecule has 1 unspecified atom stereocenters. The highest BCUT2D eigenvalue weighted by molar-refractivity contribution is 5.77. The first kappa shape index (κ1) is 15.3. The Morgan fingerprint density at radius 1 is 0.962 bits per heavy atom. The van der Waals surface area contributed by atoms with Crippen molar-refractivity contribution in [2.24, 2.45) is 5.92 Å². The predicted octanol–water partition coefficient (Wildman–Crippen LogP) is 5.47. The predicted molar refractivity (Wildman–Crippen MR) is 102 cm³/mol. The maximum absolute atomic E-state index is 13.4. The highest BCUT2D eigenvalue weighted by atomic mass is 19.1. The SMILES string of the molecule is C=C1CC2=C(c3ccccc3)n3c(-c4ccc(F)cc4)cnc3CC2C1. The third-order valence-corrected chi connectivity index (χ3v) is 5.45. The number of nitrogens with zero attached hydrogens (tertiary/aromatic N) is 2. The molecule has 0 spiro atoms. The molecule has 0 N–H and O–H groups in total. The second-order valence-corrected chi connectivity index (χ2v) is 7.17. The van der Waals surface area contributed by atoms with E-state index in [1.807, 2.05) is 24.4 Å². The molecule has 3 heteroatoms. The summed E-state index contributed by atoms with van der Waals surface area (Å²) >= 11 is 0. The van der Waals surface area contributed by atoms with Crippen molar-refractivity contribution in [3.05, 3.63) is 95.7 Å². The highest BCUT2D eigenvalue weighted by Crippen LogP contribution is 2.46. The summed E-state index contributed by atoms with van der Waals surface area (Å²) in [7, 11) is 0. The van der Waals surface area contributed by atoms with Crippen LogP contribution in [0.3, 0.4) is 0 Å². The Bertz CT molecular complexity index is 1030. The fourth-order valence-corrected chi connectivity index (χ4v) is 4.31. The monoisotopic (exact) mass is 342 g/mol. The molecule has 2 heterocycles. The molecule has 0 amide bonds. The molecule has 2 aliphatic rings. The Morgan fingerprint density at radius 2 is 1.73 bits per heavy atom. The molecule has 1 saturated carbocycles. The van der Waals surface area contributed by atoms with Gasteiger partial charge < -0.3 is 0 Å². The highest BCUT2D eigenvalue weighted by Gasteiger charge is 2.34. The summed E-state index contributed by atoms with van der Waals surface area (Å²) in [6.07, 6.45) is 4.85. The molecular weight excluding hydrogens is 323 g/mol. The van der Waals surface area contributed by atoms with Crippen molar-refractivity contribution >= 4 is 5.70 Å². The number of aromatic nitrogens is 2. The Morgan fingerprint density at radius 3 is 2.50 bits per heavy atom. The number of hydrogen-bond donors (Lipinski definition) is 0. The quantitative estimate of drug-likeness (QED) is 0.565. The topological polar surface area (TPSA) is 17.8 Å². The zero-order valence-corrected chi connectivity index (χ0v) is 14.5. The first-order valence-electron chi connectivity index (χ1n) is 8.99. The second kappa shape index (κ2) is 5.80. The average Bonchev–Trinajstić information content (AvgIpc) is 3.23. The molecule has 0 saturated heterocycles. The molecule has 0 bridgehead atoms. The normalized spacial score (nSPS) is 18.8. The maximum atomic E-state index is 13.4. The zero-order chi connectivity index (χ0) is 17.7. The van der Waals surface area contributed by atoms with Crippen molar-refractivity contribution in [1.29, 1.82) is 0 Å². The molecule has 128 valence electrons. The van der Waals surface area contributed by atoms with Crippen LogP contribution in [0.4, 0.5) is 4.39 Å². The molecule has 2 nitrogen and oxygen atoms in total. The van der Waals surface area contributed by atoms with Crippen LogP contribution in [0.5, 0.6) is 0 Å². The van der Waals surface area contributed by atoms with E-state index in [4.69, 9.17) is 4.98 Å². The van der Waals surface area contributed by atoms with Crippen LogP contribution in [0, 0.1) is 11.7 Å². The molecule has 2 aromatic carbocycles. The molecule has 1 fully saturated rings. The van der Waals surface area contributed by atoms with Crippen LogP contribution in [-0.2, 0) is 6.42 Å². The Hall–Kier alpha value is -2.94. The maximum Gasteiger partial charge on any atom is 0.123 e. The summed E-state index contributed by atoms with van der Waals surface area (Å²) in [5.41, 5.74) is 7.18. The van der Waals surface area contributed by atoms with E-state index >= 15 is 0 Å². The number of imidazole rings is 1. The average molecular weight is 342 g/mol. The lowest BCUT2D eigenvalue weighted by Crippen LogP contribution is -2.19. The summed E-state index contributed by atoms with van der Waals surface area (Å²) in [5.74, 6) is 1.35. The molecular formula is C23H19FN2. The fourth-order valence-electron chi connectivity index (χ4n) is 4.31. The van der Waals surface area contributed by atoms with Gasteiger partial charge in [-0.3, -0.25) is 4.57 Å². The van der Waals surface area contributed by atoms with Crippen molar-refractivity contribution < 1.29 is 4.39 Å².